The number of carbonyl (C=O) groups is 5. The van der Waals surface area contributed by atoms with Crippen LogP contribution in [0.25, 0.3) is 0 Å². The lowest BCUT2D eigenvalue weighted by molar-refractivity contribution is -0.143. The third-order valence-corrected chi connectivity index (χ3v) is 5.54. The number of carboxylic acid groups (broad SMARTS) is 2. The van der Waals surface area contributed by atoms with Crippen molar-refractivity contribution in [2.45, 2.75) is 76.5 Å². The van der Waals surface area contributed by atoms with Gasteiger partial charge in [-0.05, 0) is 38.1 Å². The van der Waals surface area contributed by atoms with E-state index in [1.165, 1.54) is 0 Å². The van der Waals surface area contributed by atoms with Crippen LogP contribution in [0.2, 0.25) is 0 Å². The second kappa shape index (κ2) is 16.3. The second-order valence-electron chi connectivity index (χ2n) is 7.84. The molecule has 0 aromatic heterocycles. The predicted octanol–water partition coefficient (Wildman–Crippen LogP) is -1.18. The van der Waals surface area contributed by atoms with Gasteiger partial charge in [-0.25, -0.2) is 4.79 Å². The number of amides is 3. The summed E-state index contributed by atoms with van der Waals surface area (Å²) in [6.45, 7) is 3.94. The summed E-state index contributed by atoms with van der Waals surface area (Å²) in [5, 5.41) is 25.5. The number of nitrogens with one attached hydrogen (secondary N) is 3. The summed E-state index contributed by atoms with van der Waals surface area (Å²) in [6.07, 6.45) is 1.43. The molecule has 0 fully saturated rings. The summed E-state index contributed by atoms with van der Waals surface area (Å²) in [6, 6.07) is -4.43. The van der Waals surface area contributed by atoms with Gasteiger partial charge in [0.05, 0.1) is 6.04 Å². The van der Waals surface area contributed by atoms with E-state index < -0.39 is 53.8 Å². The molecule has 0 aliphatic heterocycles. The van der Waals surface area contributed by atoms with E-state index in [4.69, 9.17) is 16.6 Å². The van der Waals surface area contributed by atoms with Gasteiger partial charge in [0, 0.05) is 12.2 Å². The van der Waals surface area contributed by atoms with Gasteiger partial charge in [0.25, 0.3) is 0 Å². The molecule has 0 aliphatic carbocycles. The van der Waals surface area contributed by atoms with Crippen LogP contribution in [0.3, 0.4) is 0 Å². The Kier molecular flexibility index (Phi) is 15.1. The van der Waals surface area contributed by atoms with E-state index in [1.54, 1.807) is 6.92 Å². The molecule has 0 aromatic rings. The fraction of sp³-hybridized carbons (Fsp3) is 0.750. The van der Waals surface area contributed by atoms with Crippen molar-refractivity contribution in [3.05, 3.63) is 0 Å². The topological polar surface area (TPSA) is 214 Å². The van der Waals surface area contributed by atoms with Crippen LogP contribution in [0.1, 0.15) is 52.4 Å². The zero-order valence-electron chi connectivity index (χ0n) is 19.1. The van der Waals surface area contributed by atoms with Gasteiger partial charge in [0.15, 0.2) is 0 Å². The molecule has 0 heterocycles. The molecule has 0 aromatic carbocycles. The molecule has 0 saturated carbocycles. The van der Waals surface area contributed by atoms with Crippen LogP contribution in [-0.4, -0.2) is 76.3 Å². The van der Waals surface area contributed by atoms with Crippen LogP contribution < -0.4 is 27.4 Å². The first kappa shape index (κ1) is 30.6. The van der Waals surface area contributed by atoms with E-state index in [-0.39, 0.29) is 30.9 Å². The molecule has 13 heteroatoms. The van der Waals surface area contributed by atoms with E-state index in [9.17, 15) is 29.1 Å². The van der Waals surface area contributed by atoms with Crippen molar-refractivity contribution >= 4 is 42.3 Å². The molecule has 0 saturated heterocycles. The van der Waals surface area contributed by atoms with Crippen LogP contribution in [0.15, 0.2) is 0 Å². The first-order valence-corrected chi connectivity index (χ1v) is 11.5. The summed E-state index contributed by atoms with van der Waals surface area (Å²) in [5.41, 5.74) is 11.1. The molecule has 33 heavy (non-hydrogen) atoms. The van der Waals surface area contributed by atoms with Crippen LogP contribution in [0.4, 0.5) is 0 Å². The van der Waals surface area contributed by atoms with Gasteiger partial charge in [-0.2, -0.15) is 12.6 Å². The van der Waals surface area contributed by atoms with Crippen molar-refractivity contribution in [3.63, 3.8) is 0 Å². The van der Waals surface area contributed by atoms with Crippen molar-refractivity contribution in [1.82, 2.24) is 16.0 Å². The SMILES string of the molecule is CCC(C)C(NC(=O)C(CS)NC(=O)C(N)CCC(=O)O)C(=O)NC(CCCCN)C(=O)O. The van der Waals surface area contributed by atoms with Gasteiger partial charge in [0.2, 0.25) is 17.7 Å². The Morgan fingerprint density at radius 3 is 2.00 bits per heavy atom. The molecule has 9 N–H and O–H groups in total. The summed E-state index contributed by atoms with van der Waals surface area (Å²) < 4.78 is 0. The van der Waals surface area contributed by atoms with Gasteiger partial charge in [0.1, 0.15) is 18.1 Å². The van der Waals surface area contributed by atoms with Crippen LogP contribution in [0, 0.1) is 5.92 Å². The van der Waals surface area contributed by atoms with Gasteiger partial charge in [-0.3, -0.25) is 19.2 Å². The van der Waals surface area contributed by atoms with Crippen LogP contribution >= 0.6 is 12.6 Å². The second-order valence-corrected chi connectivity index (χ2v) is 8.20. The Morgan fingerprint density at radius 2 is 1.52 bits per heavy atom. The molecule has 0 spiro atoms. The number of unbranched alkanes of at least 4 members (excludes halogenated alkanes) is 1. The highest BCUT2D eigenvalue weighted by Gasteiger charge is 2.32. The van der Waals surface area contributed by atoms with E-state index in [0.717, 1.165) is 0 Å². The number of hydrogen-bond acceptors (Lipinski definition) is 8. The Labute approximate surface area is 199 Å². The first-order chi connectivity index (χ1) is 15.5. The monoisotopic (exact) mass is 491 g/mol. The molecule has 0 bridgehead atoms. The van der Waals surface area contributed by atoms with Crippen LogP contribution in [0.5, 0.6) is 0 Å². The van der Waals surface area contributed by atoms with Gasteiger partial charge >= 0.3 is 11.9 Å². The summed E-state index contributed by atoms with van der Waals surface area (Å²) in [7, 11) is 0. The minimum absolute atomic E-state index is 0.102. The van der Waals surface area contributed by atoms with Crippen molar-refractivity contribution in [2.24, 2.45) is 17.4 Å². The fourth-order valence-corrected chi connectivity index (χ4v) is 3.11. The maximum atomic E-state index is 12.8. The number of thiol groups is 1. The van der Waals surface area contributed by atoms with E-state index in [0.29, 0.717) is 25.8 Å². The number of carbonyl (C=O) groups excluding carboxylic acids is 3. The predicted molar refractivity (Wildman–Crippen MR) is 124 cm³/mol. The summed E-state index contributed by atoms with van der Waals surface area (Å²) >= 11 is 4.06. The molecule has 12 nitrogen and oxygen atoms in total. The number of nitrogens with two attached hydrogens (primary N) is 2. The third kappa shape index (κ3) is 11.9. The molecule has 5 unspecified atom stereocenters. The summed E-state index contributed by atoms with van der Waals surface area (Å²) in [4.78, 5) is 59.9. The largest absolute Gasteiger partial charge is 0.481 e. The van der Waals surface area contributed by atoms with Crippen molar-refractivity contribution in [2.75, 3.05) is 12.3 Å². The third-order valence-electron chi connectivity index (χ3n) is 5.18. The molecular weight excluding hydrogens is 454 g/mol. The standard InChI is InChI=1S/C20H37N5O7S/c1-3-11(2)16(19(30)23-13(20(31)32)6-4-5-9-21)25-18(29)14(10-33)24-17(28)12(22)7-8-15(26)27/h11-14,16,33H,3-10,21-22H2,1-2H3,(H,23,30)(H,24,28)(H,25,29)(H,26,27)(H,31,32). The molecule has 3 amide bonds. The minimum Gasteiger partial charge on any atom is -0.481 e. The molecule has 0 radical (unpaired) electrons. The maximum Gasteiger partial charge on any atom is 0.326 e. The maximum absolute atomic E-state index is 12.8. The lowest BCUT2D eigenvalue weighted by Gasteiger charge is -2.27. The Morgan fingerprint density at radius 1 is 0.909 bits per heavy atom. The average Bonchev–Trinajstić information content (AvgIpc) is 2.77. The van der Waals surface area contributed by atoms with E-state index >= 15 is 0 Å². The number of aliphatic carboxylic acids is 2. The van der Waals surface area contributed by atoms with Gasteiger partial charge in [-0.1, -0.05) is 20.3 Å². The molecule has 190 valence electrons. The van der Waals surface area contributed by atoms with E-state index in [2.05, 4.69) is 28.6 Å². The van der Waals surface area contributed by atoms with Gasteiger partial charge < -0.3 is 37.6 Å². The highest BCUT2D eigenvalue weighted by molar-refractivity contribution is 7.80. The quantitative estimate of drug-likeness (QED) is 0.0906. The number of hydrogen-bond donors (Lipinski definition) is 8. The smallest absolute Gasteiger partial charge is 0.326 e. The minimum atomic E-state index is -1.19. The van der Waals surface area contributed by atoms with E-state index in [1.807, 2.05) is 6.92 Å². The number of rotatable bonds is 17. The highest BCUT2D eigenvalue weighted by atomic mass is 32.1. The van der Waals surface area contributed by atoms with Crippen molar-refractivity contribution in [3.8, 4) is 0 Å². The normalized spacial score (nSPS) is 15.4. The molecule has 5 atom stereocenters. The molecule has 0 aliphatic rings. The number of carboxylic acids is 2. The zero-order valence-corrected chi connectivity index (χ0v) is 20.0. The first-order valence-electron chi connectivity index (χ1n) is 10.9. The summed E-state index contributed by atoms with van der Waals surface area (Å²) in [5.74, 6) is -4.80. The lowest BCUT2D eigenvalue weighted by Crippen LogP contribution is -2.59. The Balaban J connectivity index is 5.23. The molecule has 0 rings (SSSR count). The van der Waals surface area contributed by atoms with Gasteiger partial charge in [-0.15, -0.1) is 0 Å². The average molecular weight is 492 g/mol. The van der Waals surface area contributed by atoms with Crippen molar-refractivity contribution in [1.29, 1.82) is 0 Å². The lowest BCUT2D eigenvalue weighted by atomic mass is 9.97. The Bertz CT molecular complexity index is 679. The molecular formula is C20H37N5O7S. The fourth-order valence-electron chi connectivity index (χ4n) is 2.85. The zero-order chi connectivity index (χ0) is 25.6. The van der Waals surface area contributed by atoms with Crippen molar-refractivity contribution < 1.29 is 34.2 Å². The van der Waals surface area contributed by atoms with Crippen LogP contribution in [-0.2, 0) is 24.0 Å². The Hall–Kier alpha value is -2.38. The highest BCUT2D eigenvalue weighted by Crippen LogP contribution is 2.10.